The maximum atomic E-state index is 6.05. The van der Waals surface area contributed by atoms with E-state index in [2.05, 4.69) is 25.8 Å². The van der Waals surface area contributed by atoms with Crippen molar-refractivity contribution in [2.24, 2.45) is 0 Å². The topological polar surface area (TPSA) is 68.0 Å². The largest absolute Gasteiger partial charge is 0.337 e. The molecule has 0 fully saturated rings. The highest BCUT2D eigenvalue weighted by molar-refractivity contribution is 6.31. The summed E-state index contributed by atoms with van der Waals surface area (Å²) in [5.41, 5.74) is 4.18. The summed E-state index contributed by atoms with van der Waals surface area (Å²) in [6.45, 7) is 2.04. The SMILES string of the molecule is Cc1cccc(Nc2nc3ccc(Cl)cc3n3nnnc23)c1. The van der Waals surface area contributed by atoms with E-state index in [0.717, 1.165) is 22.3 Å². The van der Waals surface area contributed by atoms with E-state index in [-0.39, 0.29) is 0 Å². The zero-order chi connectivity index (χ0) is 15.1. The fourth-order valence-electron chi connectivity index (χ4n) is 2.37. The third kappa shape index (κ3) is 2.14. The van der Waals surface area contributed by atoms with E-state index in [1.54, 1.807) is 16.6 Å². The molecule has 0 aliphatic heterocycles. The van der Waals surface area contributed by atoms with Crippen LogP contribution in [0, 0.1) is 6.92 Å². The number of benzene rings is 2. The van der Waals surface area contributed by atoms with Crippen LogP contribution in [-0.2, 0) is 0 Å². The molecular weight excluding hydrogens is 300 g/mol. The number of tetrazole rings is 1. The van der Waals surface area contributed by atoms with E-state index < -0.39 is 0 Å². The van der Waals surface area contributed by atoms with Crippen LogP contribution in [0.2, 0.25) is 5.02 Å². The van der Waals surface area contributed by atoms with E-state index >= 15 is 0 Å². The van der Waals surface area contributed by atoms with Gasteiger partial charge in [0, 0.05) is 10.7 Å². The molecule has 2 heterocycles. The molecule has 0 bridgehead atoms. The second kappa shape index (κ2) is 4.92. The number of aromatic nitrogens is 5. The zero-order valence-electron chi connectivity index (χ0n) is 11.7. The number of hydrogen-bond acceptors (Lipinski definition) is 5. The molecule has 0 aliphatic carbocycles. The van der Waals surface area contributed by atoms with Crippen molar-refractivity contribution >= 4 is 39.8 Å². The van der Waals surface area contributed by atoms with Gasteiger partial charge in [-0.3, -0.25) is 0 Å². The first-order valence-electron chi connectivity index (χ1n) is 6.72. The standard InChI is InChI=1S/C15H11ClN6/c1-9-3-2-4-11(7-9)17-14-15-19-20-21-22(15)13-8-10(16)5-6-12(13)18-14/h2-8H,1H3,(H,17,18). The van der Waals surface area contributed by atoms with Gasteiger partial charge in [-0.1, -0.05) is 23.7 Å². The quantitative estimate of drug-likeness (QED) is 0.614. The maximum Gasteiger partial charge on any atom is 0.222 e. The smallest absolute Gasteiger partial charge is 0.222 e. The van der Waals surface area contributed by atoms with Crippen LogP contribution in [-0.4, -0.2) is 25.0 Å². The summed E-state index contributed by atoms with van der Waals surface area (Å²) in [5, 5.41) is 15.7. The van der Waals surface area contributed by atoms with E-state index in [1.165, 1.54) is 0 Å². The van der Waals surface area contributed by atoms with Gasteiger partial charge in [-0.25, -0.2) is 4.98 Å². The number of nitrogens with one attached hydrogen (secondary N) is 1. The predicted octanol–water partition coefficient (Wildman–Crippen LogP) is 3.38. The molecule has 2 aromatic carbocycles. The van der Waals surface area contributed by atoms with Gasteiger partial charge in [0.2, 0.25) is 5.65 Å². The molecule has 0 spiro atoms. The second-order valence-electron chi connectivity index (χ2n) is 5.00. The van der Waals surface area contributed by atoms with E-state index in [0.29, 0.717) is 16.5 Å². The van der Waals surface area contributed by atoms with Gasteiger partial charge in [-0.05, 0) is 53.2 Å². The molecule has 4 rings (SSSR count). The molecule has 1 N–H and O–H groups in total. The van der Waals surface area contributed by atoms with Gasteiger partial charge in [0.15, 0.2) is 5.82 Å². The van der Waals surface area contributed by atoms with Gasteiger partial charge in [-0.15, -0.1) is 5.10 Å². The number of fused-ring (bicyclic) bond motifs is 3. The molecule has 108 valence electrons. The summed E-state index contributed by atoms with van der Waals surface area (Å²) in [6.07, 6.45) is 0. The minimum atomic E-state index is 0.552. The molecule has 0 amide bonds. The van der Waals surface area contributed by atoms with Crippen molar-refractivity contribution < 1.29 is 0 Å². The van der Waals surface area contributed by atoms with Crippen LogP contribution in [0.25, 0.3) is 16.7 Å². The predicted molar refractivity (Wildman–Crippen MR) is 85.6 cm³/mol. The normalized spacial score (nSPS) is 11.2. The molecule has 0 radical (unpaired) electrons. The van der Waals surface area contributed by atoms with Gasteiger partial charge in [0.25, 0.3) is 0 Å². The average Bonchev–Trinajstić information content (AvgIpc) is 2.98. The van der Waals surface area contributed by atoms with Crippen molar-refractivity contribution in [3.63, 3.8) is 0 Å². The fourth-order valence-corrected chi connectivity index (χ4v) is 2.54. The lowest BCUT2D eigenvalue weighted by Crippen LogP contribution is -2.01. The van der Waals surface area contributed by atoms with Crippen molar-refractivity contribution in [3.8, 4) is 0 Å². The van der Waals surface area contributed by atoms with Crippen molar-refractivity contribution in [1.82, 2.24) is 25.0 Å². The lowest BCUT2D eigenvalue weighted by atomic mass is 10.2. The summed E-state index contributed by atoms with van der Waals surface area (Å²) in [5.74, 6) is 0.602. The molecule has 6 nitrogen and oxygen atoms in total. The monoisotopic (exact) mass is 310 g/mol. The van der Waals surface area contributed by atoms with Gasteiger partial charge in [0.1, 0.15) is 0 Å². The van der Waals surface area contributed by atoms with Gasteiger partial charge in [-0.2, -0.15) is 4.52 Å². The summed E-state index contributed by atoms with van der Waals surface area (Å²) in [6, 6.07) is 13.5. The number of rotatable bonds is 2. The van der Waals surface area contributed by atoms with Crippen molar-refractivity contribution in [3.05, 3.63) is 53.1 Å². The number of aryl methyl sites for hydroxylation is 1. The Hall–Kier alpha value is -2.73. The highest BCUT2D eigenvalue weighted by Gasteiger charge is 2.12. The van der Waals surface area contributed by atoms with Crippen LogP contribution < -0.4 is 5.32 Å². The third-order valence-electron chi connectivity index (χ3n) is 3.36. The Bertz CT molecular complexity index is 994. The highest BCUT2D eigenvalue weighted by Crippen LogP contribution is 2.24. The first-order valence-corrected chi connectivity index (χ1v) is 7.09. The minimum Gasteiger partial charge on any atom is -0.337 e. The molecule has 0 aliphatic rings. The van der Waals surface area contributed by atoms with Crippen LogP contribution in [0.3, 0.4) is 0 Å². The first-order chi connectivity index (χ1) is 10.7. The second-order valence-corrected chi connectivity index (χ2v) is 5.44. The van der Waals surface area contributed by atoms with Crippen LogP contribution in [0.15, 0.2) is 42.5 Å². The van der Waals surface area contributed by atoms with E-state index in [1.807, 2.05) is 37.3 Å². The molecule has 22 heavy (non-hydrogen) atoms. The number of hydrogen-bond donors (Lipinski definition) is 1. The van der Waals surface area contributed by atoms with E-state index in [4.69, 9.17) is 11.6 Å². The maximum absolute atomic E-state index is 6.05. The van der Waals surface area contributed by atoms with Gasteiger partial charge >= 0.3 is 0 Å². The molecule has 2 aromatic heterocycles. The Morgan fingerprint density at radius 3 is 2.91 bits per heavy atom. The number of halogens is 1. The first kappa shape index (κ1) is 13.0. The van der Waals surface area contributed by atoms with Crippen LogP contribution in [0.4, 0.5) is 11.5 Å². The summed E-state index contributed by atoms with van der Waals surface area (Å²) < 4.78 is 1.63. The average molecular weight is 311 g/mol. The third-order valence-corrected chi connectivity index (χ3v) is 3.60. The van der Waals surface area contributed by atoms with Crippen molar-refractivity contribution in [2.45, 2.75) is 6.92 Å². The Kier molecular flexibility index (Phi) is 2.90. The summed E-state index contributed by atoms with van der Waals surface area (Å²) in [7, 11) is 0. The highest BCUT2D eigenvalue weighted by atomic mass is 35.5. The lowest BCUT2D eigenvalue weighted by molar-refractivity contribution is 0.841. The number of anilines is 2. The Balaban J connectivity index is 1.92. The minimum absolute atomic E-state index is 0.552. The van der Waals surface area contributed by atoms with Gasteiger partial charge in [0.05, 0.1) is 11.0 Å². The van der Waals surface area contributed by atoms with Crippen molar-refractivity contribution in [2.75, 3.05) is 5.32 Å². The Morgan fingerprint density at radius 2 is 2.05 bits per heavy atom. The molecule has 4 aromatic rings. The summed E-state index contributed by atoms with van der Waals surface area (Å²) in [4.78, 5) is 4.61. The molecule has 0 unspecified atom stereocenters. The molecule has 0 atom stereocenters. The molecule has 0 saturated heterocycles. The molecule has 0 saturated carbocycles. The Labute approximate surface area is 130 Å². The molecular formula is C15H11ClN6. The van der Waals surface area contributed by atoms with Gasteiger partial charge < -0.3 is 5.32 Å². The lowest BCUT2D eigenvalue weighted by Gasteiger charge is -2.09. The zero-order valence-corrected chi connectivity index (χ0v) is 12.4. The van der Waals surface area contributed by atoms with Crippen LogP contribution in [0.5, 0.6) is 0 Å². The van der Waals surface area contributed by atoms with Crippen molar-refractivity contribution in [1.29, 1.82) is 0 Å². The fraction of sp³-hybridized carbons (Fsp3) is 0.0667. The summed E-state index contributed by atoms with van der Waals surface area (Å²) >= 11 is 6.05. The van der Waals surface area contributed by atoms with Crippen LogP contribution >= 0.6 is 11.6 Å². The molecule has 7 heteroatoms. The van der Waals surface area contributed by atoms with Crippen LogP contribution in [0.1, 0.15) is 5.56 Å². The number of nitrogens with zero attached hydrogens (tertiary/aromatic N) is 5. The Morgan fingerprint density at radius 1 is 1.14 bits per heavy atom. The van der Waals surface area contributed by atoms with E-state index in [9.17, 15) is 0 Å².